The fourth-order valence-corrected chi connectivity index (χ4v) is 4.57. The van der Waals surface area contributed by atoms with E-state index in [0.29, 0.717) is 31.1 Å². The largest absolute Gasteiger partial charge is 0.334 e. The number of nitrogens with one attached hydrogen (secondary N) is 1. The average molecular weight is 428 g/mol. The predicted molar refractivity (Wildman–Crippen MR) is 108 cm³/mol. The number of anilines is 1. The smallest absolute Gasteiger partial charge is 0.264 e. The van der Waals surface area contributed by atoms with Crippen LogP contribution in [0.1, 0.15) is 21.5 Å². The average Bonchev–Trinajstić information content (AvgIpc) is 2.72. The van der Waals surface area contributed by atoms with Crippen molar-refractivity contribution < 1.29 is 22.0 Å². The third-order valence-electron chi connectivity index (χ3n) is 4.96. The summed E-state index contributed by atoms with van der Waals surface area (Å²) < 4.78 is 54.4. The second-order valence-electron chi connectivity index (χ2n) is 7.01. The molecule has 0 fully saturated rings. The summed E-state index contributed by atoms with van der Waals surface area (Å²) in [5, 5.41) is 0. The molecule has 1 N–H and O–H groups in total. The van der Waals surface area contributed by atoms with Crippen LogP contribution in [0.25, 0.3) is 0 Å². The van der Waals surface area contributed by atoms with Crippen molar-refractivity contribution in [3.05, 3.63) is 95.1 Å². The minimum atomic E-state index is -4.23. The van der Waals surface area contributed by atoms with Gasteiger partial charge in [-0.05, 0) is 53.9 Å². The zero-order valence-electron chi connectivity index (χ0n) is 15.8. The van der Waals surface area contributed by atoms with Gasteiger partial charge in [0.1, 0.15) is 16.5 Å². The molecule has 0 atom stereocenters. The molecule has 0 aromatic heterocycles. The van der Waals surface area contributed by atoms with Crippen molar-refractivity contribution >= 4 is 21.6 Å². The van der Waals surface area contributed by atoms with Crippen LogP contribution in [0.3, 0.4) is 0 Å². The summed E-state index contributed by atoms with van der Waals surface area (Å²) in [6.45, 7) is 0.899. The number of fused-ring (bicyclic) bond motifs is 1. The third kappa shape index (κ3) is 4.04. The van der Waals surface area contributed by atoms with Crippen molar-refractivity contribution in [2.75, 3.05) is 11.3 Å². The van der Waals surface area contributed by atoms with E-state index in [1.807, 2.05) is 6.07 Å². The summed E-state index contributed by atoms with van der Waals surface area (Å²) in [6.07, 6.45) is 0.646. The Morgan fingerprint density at radius 2 is 1.70 bits per heavy atom. The molecule has 1 aliphatic heterocycles. The number of amides is 1. The fraction of sp³-hybridized carbons (Fsp3) is 0.136. The minimum Gasteiger partial charge on any atom is -0.334 e. The molecule has 4 rings (SSSR count). The monoisotopic (exact) mass is 428 g/mol. The lowest BCUT2D eigenvalue weighted by atomic mass is 9.98. The quantitative estimate of drug-likeness (QED) is 0.684. The second kappa shape index (κ2) is 7.87. The Balaban J connectivity index is 1.56. The first-order valence-electron chi connectivity index (χ1n) is 9.27. The first-order chi connectivity index (χ1) is 14.3. The molecule has 0 spiro atoms. The maximum absolute atomic E-state index is 13.9. The Kier molecular flexibility index (Phi) is 5.26. The molecule has 0 unspecified atom stereocenters. The lowest BCUT2D eigenvalue weighted by Gasteiger charge is -2.29. The second-order valence-corrected chi connectivity index (χ2v) is 8.66. The lowest BCUT2D eigenvalue weighted by molar-refractivity contribution is 0.0734. The van der Waals surface area contributed by atoms with Gasteiger partial charge in [0, 0.05) is 30.4 Å². The molecule has 154 valence electrons. The summed E-state index contributed by atoms with van der Waals surface area (Å²) in [4.78, 5) is 13.8. The Hall–Kier alpha value is -3.26. The van der Waals surface area contributed by atoms with E-state index >= 15 is 0 Å². The van der Waals surface area contributed by atoms with Crippen LogP contribution in [0.5, 0.6) is 0 Å². The van der Waals surface area contributed by atoms with Gasteiger partial charge in [-0.25, -0.2) is 17.2 Å². The molecular weight excluding hydrogens is 410 g/mol. The van der Waals surface area contributed by atoms with Crippen molar-refractivity contribution in [3.63, 3.8) is 0 Å². The molecule has 5 nitrogen and oxygen atoms in total. The van der Waals surface area contributed by atoms with Crippen LogP contribution in [-0.4, -0.2) is 25.8 Å². The van der Waals surface area contributed by atoms with Crippen LogP contribution >= 0.6 is 0 Å². The highest BCUT2D eigenvalue weighted by atomic mass is 32.2. The van der Waals surface area contributed by atoms with Crippen LogP contribution in [0, 0.1) is 11.6 Å². The molecule has 3 aromatic carbocycles. The Labute approximate surface area is 173 Å². The van der Waals surface area contributed by atoms with E-state index in [-0.39, 0.29) is 11.6 Å². The molecule has 0 saturated heterocycles. The minimum absolute atomic E-state index is 0.0967. The van der Waals surface area contributed by atoms with Crippen LogP contribution < -0.4 is 4.72 Å². The number of benzene rings is 3. The number of halogens is 2. The van der Waals surface area contributed by atoms with E-state index in [2.05, 4.69) is 4.72 Å². The number of hydrogen-bond acceptors (Lipinski definition) is 3. The molecule has 0 saturated carbocycles. The first kappa shape index (κ1) is 20.0. The highest BCUT2D eigenvalue weighted by Gasteiger charge is 2.24. The van der Waals surface area contributed by atoms with Gasteiger partial charge in [-0.1, -0.05) is 24.3 Å². The molecule has 1 heterocycles. The van der Waals surface area contributed by atoms with Gasteiger partial charge < -0.3 is 4.90 Å². The molecule has 0 radical (unpaired) electrons. The Morgan fingerprint density at radius 3 is 2.43 bits per heavy atom. The van der Waals surface area contributed by atoms with E-state index in [1.54, 1.807) is 47.4 Å². The molecule has 1 amide bonds. The fourth-order valence-electron chi connectivity index (χ4n) is 3.46. The summed E-state index contributed by atoms with van der Waals surface area (Å²) in [7, 11) is -4.23. The standard InChI is InChI=1S/C22H18F2N2O3S/c23-18-7-9-21(20(24)13-18)30(28,29)25-19-8-6-15-10-11-26(14-17(15)12-19)22(27)16-4-2-1-3-5-16/h1-9,12-13,25H,10-11,14H2. The molecule has 0 bridgehead atoms. The van der Waals surface area contributed by atoms with Gasteiger partial charge in [0.2, 0.25) is 0 Å². The van der Waals surface area contributed by atoms with Gasteiger partial charge in [-0.2, -0.15) is 0 Å². The molecule has 1 aliphatic rings. The number of rotatable bonds is 4. The number of carbonyl (C=O) groups is 1. The van der Waals surface area contributed by atoms with Gasteiger partial charge in [-0.3, -0.25) is 9.52 Å². The van der Waals surface area contributed by atoms with Crippen molar-refractivity contribution in [3.8, 4) is 0 Å². The lowest BCUT2D eigenvalue weighted by Crippen LogP contribution is -2.36. The molecule has 0 aliphatic carbocycles. The van der Waals surface area contributed by atoms with Gasteiger partial charge in [0.05, 0.1) is 0 Å². The Morgan fingerprint density at radius 1 is 0.933 bits per heavy atom. The SMILES string of the molecule is O=C(c1ccccc1)N1CCc2ccc(NS(=O)(=O)c3ccc(F)cc3F)cc2C1. The summed E-state index contributed by atoms with van der Waals surface area (Å²) in [5.74, 6) is -2.12. The topological polar surface area (TPSA) is 66.5 Å². The summed E-state index contributed by atoms with van der Waals surface area (Å²) in [5.41, 5.74) is 2.66. The zero-order valence-corrected chi connectivity index (χ0v) is 16.6. The highest BCUT2D eigenvalue weighted by molar-refractivity contribution is 7.92. The number of hydrogen-bond donors (Lipinski definition) is 1. The van der Waals surface area contributed by atoms with Crippen LogP contribution in [0.4, 0.5) is 14.5 Å². The van der Waals surface area contributed by atoms with Crippen molar-refractivity contribution in [1.82, 2.24) is 4.90 Å². The van der Waals surface area contributed by atoms with E-state index in [9.17, 15) is 22.0 Å². The normalized spacial score (nSPS) is 13.6. The molecule has 30 heavy (non-hydrogen) atoms. The summed E-state index contributed by atoms with van der Waals surface area (Å²) in [6, 6.07) is 16.2. The molecular formula is C22H18F2N2O3S. The predicted octanol–water partition coefficient (Wildman–Crippen LogP) is 3.96. The van der Waals surface area contributed by atoms with Crippen molar-refractivity contribution in [1.29, 1.82) is 0 Å². The number of sulfonamides is 1. The van der Waals surface area contributed by atoms with Gasteiger partial charge in [0.15, 0.2) is 0 Å². The van der Waals surface area contributed by atoms with Crippen molar-refractivity contribution in [2.24, 2.45) is 0 Å². The van der Waals surface area contributed by atoms with Crippen LogP contribution in [-0.2, 0) is 23.0 Å². The van der Waals surface area contributed by atoms with Gasteiger partial charge >= 0.3 is 0 Å². The van der Waals surface area contributed by atoms with Gasteiger partial charge in [-0.15, -0.1) is 0 Å². The van der Waals surface area contributed by atoms with Crippen molar-refractivity contribution in [2.45, 2.75) is 17.9 Å². The maximum Gasteiger partial charge on any atom is 0.264 e. The zero-order chi connectivity index (χ0) is 21.3. The van der Waals surface area contributed by atoms with Crippen LogP contribution in [0.2, 0.25) is 0 Å². The third-order valence-corrected chi connectivity index (χ3v) is 6.38. The van der Waals surface area contributed by atoms with E-state index in [0.717, 1.165) is 23.3 Å². The number of carbonyl (C=O) groups excluding carboxylic acids is 1. The van der Waals surface area contributed by atoms with Crippen LogP contribution in [0.15, 0.2) is 71.6 Å². The van der Waals surface area contributed by atoms with E-state index in [4.69, 9.17) is 0 Å². The number of nitrogens with zero attached hydrogens (tertiary/aromatic N) is 1. The Bertz CT molecular complexity index is 1210. The summed E-state index contributed by atoms with van der Waals surface area (Å²) >= 11 is 0. The maximum atomic E-state index is 13.9. The first-order valence-corrected chi connectivity index (χ1v) is 10.8. The van der Waals surface area contributed by atoms with Gasteiger partial charge in [0.25, 0.3) is 15.9 Å². The molecule has 3 aromatic rings. The van der Waals surface area contributed by atoms with E-state index < -0.39 is 26.6 Å². The van der Waals surface area contributed by atoms with E-state index in [1.165, 1.54) is 0 Å². The molecule has 8 heteroatoms. The highest BCUT2D eigenvalue weighted by Crippen LogP contribution is 2.26.